The van der Waals surface area contributed by atoms with Gasteiger partial charge in [-0.25, -0.2) is 0 Å². The average molecular weight is 236 g/mol. The third-order valence-electron chi connectivity index (χ3n) is 2.34. The van der Waals surface area contributed by atoms with E-state index in [0.717, 1.165) is 16.9 Å². The Morgan fingerprint density at radius 3 is 2.82 bits per heavy atom. The van der Waals surface area contributed by atoms with Crippen LogP contribution < -0.4 is 15.4 Å². The fourth-order valence-corrected chi connectivity index (χ4v) is 1.51. The van der Waals surface area contributed by atoms with Crippen molar-refractivity contribution in [2.45, 2.75) is 20.4 Å². The highest BCUT2D eigenvalue weighted by molar-refractivity contribution is 5.78. The molecule has 0 aliphatic heterocycles. The molecule has 1 amide bonds. The van der Waals surface area contributed by atoms with Crippen molar-refractivity contribution >= 4 is 5.91 Å². The molecule has 94 valence electrons. The SMILES string of the molecule is CCOc1cc(C)ccc1CNC(=O)CNC. The molecule has 17 heavy (non-hydrogen) atoms. The van der Waals surface area contributed by atoms with Crippen LogP contribution in [0.4, 0.5) is 0 Å². The molecular formula is C13H20N2O2. The first-order valence-electron chi connectivity index (χ1n) is 5.81. The van der Waals surface area contributed by atoms with Crippen molar-refractivity contribution in [3.05, 3.63) is 29.3 Å². The van der Waals surface area contributed by atoms with Gasteiger partial charge in [0.15, 0.2) is 0 Å². The van der Waals surface area contributed by atoms with E-state index in [0.29, 0.717) is 19.7 Å². The molecule has 0 saturated heterocycles. The Labute approximate surface area is 102 Å². The lowest BCUT2D eigenvalue weighted by Crippen LogP contribution is -2.31. The van der Waals surface area contributed by atoms with E-state index in [-0.39, 0.29) is 5.91 Å². The molecule has 0 heterocycles. The van der Waals surface area contributed by atoms with Crippen LogP contribution in [0.25, 0.3) is 0 Å². The van der Waals surface area contributed by atoms with Crippen molar-refractivity contribution < 1.29 is 9.53 Å². The zero-order valence-corrected chi connectivity index (χ0v) is 10.7. The summed E-state index contributed by atoms with van der Waals surface area (Å²) in [5, 5.41) is 5.65. The topological polar surface area (TPSA) is 50.4 Å². The van der Waals surface area contributed by atoms with Gasteiger partial charge in [0.25, 0.3) is 0 Å². The summed E-state index contributed by atoms with van der Waals surface area (Å²) in [7, 11) is 1.75. The molecule has 1 rings (SSSR count). The molecule has 1 aromatic carbocycles. The van der Waals surface area contributed by atoms with E-state index in [1.165, 1.54) is 0 Å². The molecule has 1 aromatic rings. The van der Waals surface area contributed by atoms with Crippen LogP contribution in [0.2, 0.25) is 0 Å². The Kier molecular flexibility index (Phi) is 5.49. The Morgan fingerprint density at radius 2 is 2.18 bits per heavy atom. The summed E-state index contributed by atoms with van der Waals surface area (Å²) in [4.78, 5) is 11.3. The molecule has 0 aliphatic rings. The van der Waals surface area contributed by atoms with Gasteiger partial charge in [-0.1, -0.05) is 12.1 Å². The highest BCUT2D eigenvalue weighted by atomic mass is 16.5. The first-order valence-corrected chi connectivity index (χ1v) is 5.81. The molecule has 0 saturated carbocycles. The van der Waals surface area contributed by atoms with Gasteiger partial charge in [0, 0.05) is 12.1 Å². The number of amides is 1. The minimum Gasteiger partial charge on any atom is -0.494 e. The van der Waals surface area contributed by atoms with Crippen molar-refractivity contribution in [2.75, 3.05) is 20.2 Å². The van der Waals surface area contributed by atoms with Crippen molar-refractivity contribution in [3.8, 4) is 5.75 Å². The van der Waals surface area contributed by atoms with Gasteiger partial charge in [-0.15, -0.1) is 0 Å². The van der Waals surface area contributed by atoms with Crippen LogP contribution in [0, 0.1) is 6.92 Å². The fourth-order valence-electron chi connectivity index (χ4n) is 1.51. The quantitative estimate of drug-likeness (QED) is 0.781. The van der Waals surface area contributed by atoms with Gasteiger partial charge in [0.05, 0.1) is 13.2 Å². The van der Waals surface area contributed by atoms with E-state index >= 15 is 0 Å². The summed E-state index contributed by atoms with van der Waals surface area (Å²) in [6.45, 7) is 5.42. The van der Waals surface area contributed by atoms with Crippen molar-refractivity contribution in [3.63, 3.8) is 0 Å². The number of carbonyl (C=O) groups excluding carboxylic acids is 1. The van der Waals surface area contributed by atoms with Crippen molar-refractivity contribution in [2.24, 2.45) is 0 Å². The summed E-state index contributed by atoms with van der Waals surface area (Å²) in [6, 6.07) is 5.99. The zero-order chi connectivity index (χ0) is 12.7. The second kappa shape index (κ2) is 6.91. The molecule has 0 aromatic heterocycles. The highest BCUT2D eigenvalue weighted by Crippen LogP contribution is 2.20. The highest BCUT2D eigenvalue weighted by Gasteiger charge is 2.05. The van der Waals surface area contributed by atoms with Gasteiger partial charge in [-0.3, -0.25) is 4.79 Å². The van der Waals surface area contributed by atoms with Crippen molar-refractivity contribution in [1.29, 1.82) is 0 Å². The van der Waals surface area contributed by atoms with Gasteiger partial charge in [0.1, 0.15) is 5.75 Å². The largest absolute Gasteiger partial charge is 0.494 e. The lowest BCUT2D eigenvalue weighted by molar-refractivity contribution is -0.120. The number of carbonyl (C=O) groups is 1. The third-order valence-corrected chi connectivity index (χ3v) is 2.34. The monoisotopic (exact) mass is 236 g/mol. The van der Waals surface area contributed by atoms with Gasteiger partial charge in [0.2, 0.25) is 5.91 Å². The van der Waals surface area contributed by atoms with Crippen LogP contribution >= 0.6 is 0 Å². The number of aryl methyl sites for hydroxylation is 1. The molecule has 4 nitrogen and oxygen atoms in total. The summed E-state index contributed by atoms with van der Waals surface area (Å²) in [6.07, 6.45) is 0. The molecule has 0 aliphatic carbocycles. The van der Waals surface area contributed by atoms with Crippen LogP contribution in [0.1, 0.15) is 18.1 Å². The molecule has 0 spiro atoms. The van der Waals surface area contributed by atoms with E-state index in [1.54, 1.807) is 7.05 Å². The second-order valence-electron chi connectivity index (χ2n) is 3.85. The molecule has 0 fully saturated rings. The number of rotatable bonds is 6. The predicted octanol–water partition coefficient (Wildman–Crippen LogP) is 1.23. The Bertz CT molecular complexity index is 378. The van der Waals surface area contributed by atoms with Gasteiger partial charge < -0.3 is 15.4 Å². The Hall–Kier alpha value is -1.55. The van der Waals surface area contributed by atoms with Crippen LogP contribution in [0.15, 0.2) is 18.2 Å². The number of hydrogen-bond acceptors (Lipinski definition) is 3. The minimum absolute atomic E-state index is 0.0180. The third kappa shape index (κ3) is 4.44. The number of ether oxygens (including phenoxy) is 1. The van der Waals surface area contributed by atoms with E-state index in [1.807, 2.05) is 32.0 Å². The molecule has 4 heteroatoms. The summed E-state index contributed by atoms with van der Waals surface area (Å²) in [5.74, 6) is 0.827. The lowest BCUT2D eigenvalue weighted by Gasteiger charge is -2.12. The lowest BCUT2D eigenvalue weighted by atomic mass is 10.1. The second-order valence-corrected chi connectivity index (χ2v) is 3.85. The fraction of sp³-hybridized carbons (Fsp3) is 0.462. The minimum atomic E-state index is -0.0180. The Balaban J connectivity index is 2.66. The van der Waals surface area contributed by atoms with E-state index < -0.39 is 0 Å². The van der Waals surface area contributed by atoms with E-state index in [2.05, 4.69) is 10.6 Å². The van der Waals surface area contributed by atoms with Crippen molar-refractivity contribution in [1.82, 2.24) is 10.6 Å². The first kappa shape index (κ1) is 13.5. The maximum absolute atomic E-state index is 11.3. The number of likely N-dealkylation sites (N-methyl/N-ethyl adjacent to an activating group) is 1. The standard InChI is InChI=1S/C13H20N2O2/c1-4-17-12-7-10(2)5-6-11(12)8-15-13(16)9-14-3/h5-7,14H,4,8-9H2,1-3H3,(H,15,16). The maximum Gasteiger partial charge on any atom is 0.234 e. The summed E-state index contributed by atoms with van der Waals surface area (Å²) >= 11 is 0. The van der Waals surface area contributed by atoms with Crippen LogP contribution in [0.5, 0.6) is 5.75 Å². The van der Waals surface area contributed by atoms with Gasteiger partial charge in [-0.05, 0) is 32.5 Å². The zero-order valence-electron chi connectivity index (χ0n) is 10.7. The average Bonchev–Trinajstić information content (AvgIpc) is 2.29. The number of hydrogen-bond donors (Lipinski definition) is 2. The molecule has 0 bridgehead atoms. The van der Waals surface area contributed by atoms with Crippen LogP contribution in [-0.4, -0.2) is 26.1 Å². The van der Waals surface area contributed by atoms with Gasteiger partial charge >= 0.3 is 0 Å². The molecular weight excluding hydrogens is 216 g/mol. The normalized spacial score (nSPS) is 10.1. The molecule has 2 N–H and O–H groups in total. The first-order chi connectivity index (χ1) is 8.17. The van der Waals surface area contributed by atoms with E-state index in [4.69, 9.17) is 4.74 Å². The number of nitrogens with one attached hydrogen (secondary N) is 2. The van der Waals surface area contributed by atoms with Crippen LogP contribution in [-0.2, 0) is 11.3 Å². The molecule has 0 radical (unpaired) electrons. The Morgan fingerprint density at radius 1 is 1.41 bits per heavy atom. The summed E-state index contributed by atoms with van der Waals surface area (Å²) < 4.78 is 5.54. The van der Waals surface area contributed by atoms with Gasteiger partial charge in [-0.2, -0.15) is 0 Å². The number of benzene rings is 1. The maximum atomic E-state index is 11.3. The van der Waals surface area contributed by atoms with Crippen LogP contribution in [0.3, 0.4) is 0 Å². The molecule has 0 unspecified atom stereocenters. The smallest absolute Gasteiger partial charge is 0.234 e. The van der Waals surface area contributed by atoms with E-state index in [9.17, 15) is 4.79 Å². The summed E-state index contributed by atoms with van der Waals surface area (Å²) in [5.41, 5.74) is 2.15. The molecule has 0 atom stereocenters. The predicted molar refractivity (Wildman–Crippen MR) is 68.1 cm³/mol.